The third-order valence-corrected chi connectivity index (χ3v) is 6.06. The lowest BCUT2D eigenvalue weighted by molar-refractivity contribution is -0.139. The quantitative estimate of drug-likeness (QED) is 0.529. The second kappa shape index (κ2) is 10.5. The smallest absolute Gasteiger partial charge is 0.355 e. The number of anilines is 1. The first-order chi connectivity index (χ1) is 18.0. The summed E-state index contributed by atoms with van der Waals surface area (Å²) in [6.45, 7) is 0. The third-order valence-electron chi connectivity index (χ3n) is 6.06. The average molecular weight is 491 g/mol. The molecule has 2 N–H and O–H groups in total. The number of para-hydroxylation sites is 1. The second-order valence-electron chi connectivity index (χ2n) is 8.05. The number of methoxy groups -OCH3 is 2. The maximum absolute atomic E-state index is 13.3. The SMILES string of the molecule is COC(=O)C1=C(C(=O)OC)N(c2ccccc2-c2cccc(C#N)c2)C(N)=C(C#N)C1c1ccccc1. The summed E-state index contributed by atoms with van der Waals surface area (Å²) in [5, 5.41) is 19.6. The van der Waals surface area contributed by atoms with Crippen LogP contribution in [0.5, 0.6) is 0 Å². The fraction of sp³-hybridized carbons (Fsp3) is 0.103. The number of carbonyl (C=O) groups is 2. The Labute approximate surface area is 214 Å². The van der Waals surface area contributed by atoms with E-state index in [1.165, 1.54) is 19.1 Å². The second-order valence-corrected chi connectivity index (χ2v) is 8.05. The molecule has 182 valence electrons. The molecule has 1 atom stereocenters. The standard InChI is InChI=1S/C29H22N4O4/c1-36-28(34)25-24(19-10-4-3-5-11-19)22(17-31)27(32)33(26(25)29(35)37-2)23-14-7-6-13-21(23)20-12-8-9-18(15-20)16-30/h3-15,24H,32H2,1-2H3. The zero-order valence-corrected chi connectivity index (χ0v) is 20.1. The Morgan fingerprint density at radius 1 is 0.865 bits per heavy atom. The van der Waals surface area contributed by atoms with Crippen molar-refractivity contribution in [1.29, 1.82) is 10.5 Å². The summed E-state index contributed by atoms with van der Waals surface area (Å²) in [5.41, 5.74) is 9.17. The summed E-state index contributed by atoms with van der Waals surface area (Å²) in [6.07, 6.45) is 0. The van der Waals surface area contributed by atoms with Gasteiger partial charge in [-0.15, -0.1) is 0 Å². The van der Waals surface area contributed by atoms with Crippen LogP contribution in [0.3, 0.4) is 0 Å². The highest BCUT2D eigenvalue weighted by molar-refractivity contribution is 6.07. The molecule has 8 heteroatoms. The van der Waals surface area contributed by atoms with Crippen LogP contribution < -0.4 is 10.6 Å². The van der Waals surface area contributed by atoms with E-state index in [1.807, 2.05) is 6.07 Å². The normalized spacial score (nSPS) is 15.0. The van der Waals surface area contributed by atoms with Crippen molar-refractivity contribution in [3.63, 3.8) is 0 Å². The van der Waals surface area contributed by atoms with Crippen molar-refractivity contribution < 1.29 is 19.1 Å². The number of hydrogen-bond acceptors (Lipinski definition) is 8. The van der Waals surface area contributed by atoms with Gasteiger partial charge in [0.25, 0.3) is 0 Å². The molecule has 37 heavy (non-hydrogen) atoms. The van der Waals surface area contributed by atoms with Crippen molar-refractivity contribution in [2.75, 3.05) is 19.1 Å². The van der Waals surface area contributed by atoms with Crippen molar-refractivity contribution in [3.8, 4) is 23.3 Å². The first kappa shape index (κ1) is 24.8. The van der Waals surface area contributed by atoms with Crippen molar-refractivity contribution in [3.05, 3.63) is 113 Å². The molecule has 1 aliphatic rings. The van der Waals surface area contributed by atoms with Gasteiger partial charge in [-0.05, 0) is 29.3 Å². The number of allylic oxidation sites excluding steroid dienone is 1. The van der Waals surface area contributed by atoms with E-state index in [2.05, 4.69) is 12.1 Å². The van der Waals surface area contributed by atoms with Gasteiger partial charge < -0.3 is 15.2 Å². The Hall–Kier alpha value is -5.34. The minimum absolute atomic E-state index is 0.0340. The lowest BCUT2D eigenvalue weighted by Crippen LogP contribution is -2.41. The molecule has 0 aliphatic carbocycles. The van der Waals surface area contributed by atoms with Gasteiger partial charge in [-0.3, -0.25) is 4.90 Å². The van der Waals surface area contributed by atoms with Gasteiger partial charge in [0, 0.05) is 5.56 Å². The van der Waals surface area contributed by atoms with E-state index < -0.39 is 17.9 Å². The Morgan fingerprint density at radius 2 is 1.54 bits per heavy atom. The number of ether oxygens (including phenoxy) is 2. The van der Waals surface area contributed by atoms with E-state index in [4.69, 9.17) is 15.2 Å². The molecule has 0 spiro atoms. The van der Waals surface area contributed by atoms with E-state index in [9.17, 15) is 20.1 Å². The van der Waals surface area contributed by atoms with Gasteiger partial charge in [-0.2, -0.15) is 10.5 Å². The number of nitrogens with two attached hydrogens (primary N) is 1. The number of benzene rings is 3. The molecular weight excluding hydrogens is 468 g/mol. The van der Waals surface area contributed by atoms with E-state index >= 15 is 0 Å². The fourth-order valence-electron chi connectivity index (χ4n) is 4.43. The monoisotopic (exact) mass is 490 g/mol. The number of rotatable bonds is 5. The lowest BCUT2D eigenvalue weighted by atomic mass is 9.80. The van der Waals surface area contributed by atoms with Gasteiger partial charge in [0.15, 0.2) is 0 Å². The number of nitrogens with zero attached hydrogens (tertiary/aromatic N) is 3. The Bertz CT molecular complexity index is 1530. The summed E-state index contributed by atoms with van der Waals surface area (Å²) in [7, 11) is 2.40. The summed E-state index contributed by atoms with van der Waals surface area (Å²) < 4.78 is 10.2. The van der Waals surface area contributed by atoms with Crippen LogP contribution in [0.2, 0.25) is 0 Å². The zero-order valence-electron chi connectivity index (χ0n) is 20.1. The first-order valence-electron chi connectivity index (χ1n) is 11.2. The maximum Gasteiger partial charge on any atom is 0.355 e. The van der Waals surface area contributed by atoms with E-state index in [-0.39, 0.29) is 22.7 Å². The van der Waals surface area contributed by atoms with Crippen LogP contribution in [0.25, 0.3) is 11.1 Å². The molecular formula is C29H22N4O4. The number of esters is 2. The van der Waals surface area contributed by atoms with Gasteiger partial charge >= 0.3 is 11.9 Å². The third kappa shape index (κ3) is 4.40. The first-order valence-corrected chi connectivity index (χ1v) is 11.2. The fourth-order valence-corrected chi connectivity index (χ4v) is 4.43. The predicted octanol–water partition coefficient (Wildman–Crippen LogP) is 4.12. The largest absolute Gasteiger partial charge is 0.466 e. The van der Waals surface area contributed by atoms with Gasteiger partial charge in [-0.1, -0.05) is 60.7 Å². The molecule has 1 heterocycles. The van der Waals surface area contributed by atoms with Gasteiger partial charge in [0.05, 0.1) is 54.7 Å². The lowest BCUT2D eigenvalue weighted by Gasteiger charge is -2.36. The highest BCUT2D eigenvalue weighted by Gasteiger charge is 2.43. The molecule has 3 aromatic rings. The number of carbonyl (C=O) groups excluding carboxylic acids is 2. The van der Waals surface area contributed by atoms with Crippen molar-refractivity contribution in [1.82, 2.24) is 0 Å². The van der Waals surface area contributed by atoms with Crippen LogP contribution in [-0.2, 0) is 19.1 Å². The highest BCUT2D eigenvalue weighted by Crippen LogP contribution is 2.45. The van der Waals surface area contributed by atoms with Crippen LogP contribution >= 0.6 is 0 Å². The van der Waals surface area contributed by atoms with Crippen LogP contribution in [-0.4, -0.2) is 26.2 Å². The molecule has 3 aromatic carbocycles. The molecule has 8 nitrogen and oxygen atoms in total. The number of nitriles is 2. The summed E-state index contributed by atoms with van der Waals surface area (Å²) in [4.78, 5) is 27.9. The van der Waals surface area contributed by atoms with Crippen LogP contribution in [0, 0.1) is 22.7 Å². The molecule has 4 rings (SSSR count). The van der Waals surface area contributed by atoms with Crippen LogP contribution in [0.15, 0.2) is 102 Å². The zero-order chi connectivity index (χ0) is 26.5. The molecule has 0 saturated carbocycles. The van der Waals surface area contributed by atoms with Crippen molar-refractivity contribution in [2.24, 2.45) is 5.73 Å². The van der Waals surface area contributed by atoms with Crippen LogP contribution in [0.1, 0.15) is 17.0 Å². The molecule has 0 radical (unpaired) electrons. The summed E-state index contributed by atoms with van der Waals surface area (Å²) in [5.74, 6) is -2.63. The van der Waals surface area contributed by atoms with E-state index in [0.29, 0.717) is 27.9 Å². The summed E-state index contributed by atoms with van der Waals surface area (Å²) >= 11 is 0. The number of hydrogen-bond donors (Lipinski definition) is 1. The van der Waals surface area contributed by atoms with Crippen LogP contribution in [0.4, 0.5) is 5.69 Å². The van der Waals surface area contributed by atoms with E-state index in [1.54, 1.807) is 72.8 Å². The topological polar surface area (TPSA) is 129 Å². The molecule has 1 aliphatic heterocycles. The highest BCUT2D eigenvalue weighted by atomic mass is 16.5. The molecule has 0 fully saturated rings. The Morgan fingerprint density at radius 3 is 2.19 bits per heavy atom. The van der Waals surface area contributed by atoms with Gasteiger partial charge in [-0.25, -0.2) is 9.59 Å². The minimum Gasteiger partial charge on any atom is -0.466 e. The van der Waals surface area contributed by atoms with Gasteiger partial charge in [0.2, 0.25) is 0 Å². The predicted molar refractivity (Wildman–Crippen MR) is 136 cm³/mol. The molecule has 0 bridgehead atoms. The summed E-state index contributed by atoms with van der Waals surface area (Å²) in [6, 6.07) is 27.0. The molecule has 0 amide bonds. The molecule has 0 saturated heterocycles. The van der Waals surface area contributed by atoms with E-state index in [0.717, 1.165) is 0 Å². The van der Waals surface area contributed by atoms with Gasteiger partial charge in [0.1, 0.15) is 11.5 Å². The average Bonchev–Trinajstić information content (AvgIpc) is 2.96. The molecule has 1 unspecified atom stereocenters. The van der Waals surface area contributed by atoms with Crippen molar-refractivity contribution >= 4 is 17.6 Å². The Balaban J connectivity index is 2.09. The minimum atomic E-state index is -0.960. The van der Waals surface area contributed by atoms with Crippen molar-refractivity contribution in [2.45, 2.75) is 5.92 Å². The molecule has 0 aromatic heterocycles. The Kier molecular flexibility index (Phi) is 7.04. The maximum atomic E-state index is 13.3.